The summed E-state index contributed by atoms with van der Waals surface area (Å²) in [6.45, 7) is 2.24. The highest BCUT2D eigenvalue weighted by Crippen LogP contribution is 2.41. The minimum absolute atomic E-state index is 0.297. The third-order valence-corrected chi connectivity index (χ3v) is 3.95. The van der Waals surface area contributed by atoms with Crippen molar-refractivity contribution < 1.29 is 0 Å². The minimum Gasteiger partial charge on any atom is -0.271 e. The van der Waals surface area contributed by atoms with Crippen molar-refractivity contribution in [2.24, 2.45) is 17.7 Å². The van der Waals surface area contributed by atoms with E-state index in [1.54, 1.807) is 6.07 Å². The fraction of sp³-hybridized carbons (Fsp3) is 0.500. The lowest BCUT2D eigenvalue weighted by Crippen LogP contribution is -2.39. The van der Waals surface area contributed by atoms with Gasteiger partial charge in [-0.1, -0.05) is 30.1 Å². The summed E-state index contributed by atoms with van der Waals surface area (Å²) >= 11 is 12.1. The molecule has 16 heavy (non-hydrogen) atoms. The maximum atomic E-state index is 6.13. The maximum Gasteiger partial charge on any atom is 0.0439 e. The van der Waals surface area contributed by atoms with Crippen LogP contribution in [0.3, 0.4) is 0 Å². The molecule has 0 heterocycles. The fourth-order valence-electron chi connectivity index (χ4n) is 2.18. The molecule has 1 aromatic carbocycles. The van der Waals surface area contributed by atoms with Crippen LogP contribution in [-0.4, -0.2) is 6.04 Å². The van der Waals surface area contributed by atoms with Crippen LogP contribution in [0.25, 0.3) is 0 Å². The van der Waals surface area contributed by atoms with Gasteiger partial charge in [0.1, 0.15) is 0 Å². The number of hydrazine groups is 1. The second-order valence-corrected chi connectivity index (χ2v) is 5.43. The van der Waals surface area contributed by atoms with Gasteiger partial charge in [-0.05, 0) is 48.4 Å². The van der Waals surface area contributed by atoms with E-state index in [1.165, 1.54) is 6.42 Å². The molecule has 2 nitrogen and oxygen atoms in total. The standard InChI is InChI=1S/C12H16Cl2N2/c1-7-4-10(7)12(16-15)6-8-5-9(13)2-3-11(8)14/h2-3,5,7,10,12,16H,4,6,15H2,1H3. The summed E-state index contributed by atoms with van der Waals surface area (Å²) in [5.41, 5.74) is 3.95. The van der Waals surface area contributed by atoms with Gasteiger partial charge in [-0.15, -0.1) is 0 Å². The van der Waals surface area contributed by atoms with Gasteiger partial charge in [-0.3, -0.25) is 11.3 Å². The predicted octanol–water partition coefficient (Wildman–Crippen LogP) is 3.02. The molecule has 3 unspecified atom stereocenters. The van der Waals surface area contributed by atoms with Crippen LogP contribution in [0.2, 0.25) is 10.0 Å². The molecule has 0 amide bonds. The van der Waals surface area contributed by atoms with E-state index in [-0.39, 0.29) is 0 Å². The Kier molecular flexibility index (Phi) is 3.75. The molecular weight excluding hydrogens is 243 g/mol. The monoisotopic (exact) mass is 258 g/mol. The zero-order chi connectivity index (χ0) is 11.7. The van der Waals surface area contributed by atoms with Crippen LogP contribution in [-0.2, 0) is 6.42 Å². The van der Waals surface area contributed by atoms with Crippen LogP contribution >= 0.6 is 23.2 Å². The molecule has 1 fully saturated rings. The molecule has 0 aromatic heterocycles. The van der Waals surface area contributed by atoms with Crippen molar-refractivity contribution >= 4 is 23.2 Å². The molecule has 1 saturated carbocycles. The molecule has 3 N–H and O–H groups in total. The molecule has 88 valence electrons. The second kappa shape index (κ2) is 4.92. The van der Waals surface area contributed by atoms with Crippen LogP contribution in [0.5, 0.6) is 0 Å². The highest BCUT2D eigenvalue weighted by molar-refractivity contribution is 6.33. The summed E-state index contributed by atoms with van der Waals surface area (Å²) < 4.78 is 0. The highest BCUT2D eigenvalue weighted by Gasteiger charge is 2.39. The van der Waals surface area contributed by atoms with Crippen molar-refractivity contribution in [3.05, 3.63) is 33.8 Å². The molecule has 0 aliphatic heterocycles. The van der Waals surface area contributed by atoms with Crippen LogP contribution in [0.1, 0.15) is 18.9 Å². The first-order chi connectivity index (χ1) is 7.61. The average molecular weight is 259 g/mol. The Hall–Kier alpha value is -0.280. The number of hydrogen-bond donors (Lipinski definition) is 2. The van der Waals surface area contributed by atoms with Crippen LogP contribution in [0, 0.1) is 11.8 Å². The van der Waals surface area contributed by atoms with Crippen molar-refractivity contribution in [3.63, 3.8) is 0 Å². The van der Waals surface area contributed by atoms with E-state index in [1.807, 2.05) is 12.1 Å². The normalized spacial score (nSPS) is 25.5. The van der Waals surface area contributed by atoms with E-state index in [0.29, 0.717) is 12.0 Å². The van der Waals surface area contributed by atoms with Gasteiger partial charge in [0.25, 0.3) is 0 Å². The van der Waals surface area contributed by atoms with Crippen molar-refractivity contribution in [1.29, 1.82) is 0 Å². The smallest absolute Gasteiger partial charge is 0.0439 e. The Morgan fingerprint density at radius 2 is 2.19 bits per heavy atom. The van der Waals surface area contributed by atoms with Crippen LogP contribution in [0.4, 0.5) is 0 Å². The lowest BCUT2D eigenvalue weighted by Gasteiger charge is -2.16. The zero-order valence-corrected chi connectivity index (χ0v) is 10.7. The van der Waals surface area contributed by atoms with Gasteiger partial charge < -0.3 is 0 Å². The van der Waals surface area contributed by atoms with E-state index in [4.69, 9.17) is 29.0 Å². The lowest BCUT2D eigenvalue weighted by atomic mass is 10.0. The van der Waals surface area contributed by atoms with Gasteiger partial charge in [0, 0.05) is 16.1 Å². The third kappa shape index (κ3) is 2.69. The van der Waals surface area contributed by atoms with Gasteiger partial charge in [0.05, 0.1) is 0 Å². The highest BCUT2D eigenvalue weighted by atomic mass is 35.5. The number of nitrogens with one attached hydrogen (secondary N) is 1. The topological polar surface area (TPSA) is 38.0 Å². The van der Waals surface area contributed by atoms with Gasteiger partial charge in [0.2, 0.25) is 0 Å². The van der Waals surface area contributed by atoms with E-state index in [0.717, 1.165) is 27.9 Å². The molecule has 1 aliphatic rings. The molecule has 0 spiro atoms. The summed E-state index contributed by atoms with van der Waals surface area (Å²) in [5, 5.41) is 1.48. The molecule has 1 aliphatic carbocycles. The summed E-state index contributed by atoms with van der Waals surface area (Å²) in [4.78, 5) is 0. The Labute approximate surface area is 106 Å². The van der Waals surface area contributed by atoms with Crippen molar-refractivity contribution in [2.45, 2.75) is 25.8 Å². The van der Waals surface area contributed by atoms with Gasteiger partial charge in [-0.25, -0.2) is 0 Å². The zero-order valence-electron chi connectivity index (χ0n) is 9.21. The summed E-state index contributed by atoms with van der Waals surface area (Å²) in [7, 11) is 0. The number of nitrogens with two attached hydrogens (primary N) is 1. The fourth-order valence-corrected chi connectivity index (χ4v) is 2.57. The van der Waals surface area contributed by atoms with Gasteiger partial charge in [0.15, 0.2) is 0 Å². The molecule has 1 aromatic rings. The Balaban J connectivity index is 2.09. The molecule has 4 heteroatoms. The molecule has 2 rings (SSSR count). The van der Waals surface area contributed by atoms with Crippen molar-refractivity contribution in [2.75, 3.05) is 0 Å². The number of rotatable bonds is 4. The Morgan fingerprint density at radius 3 is 2.75 bits per heavy atom. The predicted molar refractivity (Wildman–Crippen MR) is 68.5 cm³/mol. The van der Waals surface area contributed by atoms with E-state index in [2.05, 4.69) is 12.3 Å². The molecule has 0 saturated heterocycles. The molecule has 0 radical (unpaired) electrons. The first-order valence-corrected chi connectivity index (χ1v) is 6.27. The molecular formula is C12H16Cl2N2. The number of hydrogen-bond acceptors (Lipinski definition) is 2. The summed E-state index contributed by atoms with van der Waals surface area (Å²) in [5.74, 6) is 7.02. The maximum absolute atomic E-state index is 6.13. The van der Waals surface area contributed by atoms with Crippen molar-refractivity contribution in [3.8, 4) is 0 Å². The SMILES string of the molecule is CC1CC1C(Cc1cc(Cl)ccc1Cl)NN. The van der Waals surface area contributed by atoms with E-state index in [9.17, 15) is 0 Å². The van der Waals surface area contributed by atoms with E-state index < -0.39 is 0 Å². The minimum atomic E-state index is 0.297. The molecule has 0 bridgehead atoms. The van der Waals surface area contributed by atoms with Crippen LogP contribution < -0.4 is 11.3 Å². The van der Waals surface area contributed by atoms with Gasteiger partial charge >= 0.3 is 0 Å². The first kappa shape index (κ1) is 12.2. The largest absolute Gasteiger partial charge is 0.271 e. The first-order valence-electron chi connectivity index (χ1n) is 5.52. The van der Waals surface area contributed by atoms with Crippen molar-refractivity contribution in [1.82, 2.24) is 5.43 Å². The quantitative estimate of drug-likeness (QED) is 0.644. The Morgan fingerprint density at radius 1 is 1.50 bits per heavy atom. The number of halogens is 2. The summed E-state index contributed by atoms with van der Waals surface area (Å²) in [6.07, 6.45) is 2.08. The summed E-state index contributed by atoms with van der Waals surface area (Å²) in [6, 6.07) is 5.86. The van der Waals surface area contributed by atoms with Crippen LogP contribution in [0.15, 0.2) is 18.2 Å². The third-order valence-electron chi connectivity index (χ3n) is 3.35. The Bertz CT molecular complexity index is 381. The number of benzene rings is 1. The molecule has 3 atom stereocenters. The van der Waals surface area contributed by atoms with E-state index >= 15 is 0 Å². The lowest BCUT2D eigenvalue weighted by molar-refractivity contribution is 0.454. The average Bonchev–Trinajstić information content (AvgIpc) is 2.97. The second-order valence-electron chi connectivity index (χ2n) is 4.59. The van der Waals surface area contributed by atoms with Gasteiger partial charge in [-0.2, -0.15) is 0 Å².